The zero-order valence-corrected chi connectivity index (χ0v) is 10.8. The lowest BCUT2D eigenvalue weighted by molar-refractivity contribution is 0.186. The number of para-hydroxylation sites is 1. The van der Waals surface area contributed by atoms with E-state index in [1.165, 1.54) is 61.8 Å². The fourth-order valence-electron chi connectivity index (χ4n) is 3.79. The second-order valence-corrected chi connectivity index (χ2v) is 5.71. The molecule has 18 heavy (non-hydrogen) atoms. The third-order valence-corrected chi connectivity index (χ3v) is 4.69. The minimum absolute atomic E-state index is 0.656. The zero-order valence-electron chi connectivity index (χ0n) is 10.8. The van der Waals surface area contributed by atoms with E-state index in [1.807, 2.05) is 0 Å². The van der Waals surface area contributed by atoms with Crippen molar-refractivity contribution < 1.29 is 0 Å². The Bertz CT molecular complexity index is 569. The molecule has 3 heterocycles. The summed E-state index contributed by atoms with van der Waals surface area (Å²) < 4.78 is 0. The van der Waals surface area contributed by atoms with Gasteiger partial charge in [0.25, 0.3) is 0 Å². The molecular formula is C16H20N2. The highest BCUT2D eigenvalue weighted by Crippen LogP contribution is 2.38. The van der Waals surface area contributed by atoms with Crippen LogP contribution in [0.4, 0.5) is 0 Å². The minimum atomic E-state index is 0.656. The average molecular weight is 240 g/mol. The van der Waals surface area contributed by atoms with Crippen LogP contribution < -0.4 is 0 Å². The van der Waals surface area contributed by atoms with Gasteiger partial charge in [0.2, 0.25) is 0 Å². The van der Waals surface area contributed by atoms with Gasteiger partial charge in [-0.2, -0.15) is 0 Å². The van der Waals surface area contributed by atoms with Gasteiger partial charge in [-0.25, -0.2) is 0 Å². The molecule has 2 heteroatoms. The first-order valence-electron chi connectivity index (χ1n) is 7.27. The van der Waals surface area contributed by atoms with Gasteiger partial charge < -0.3 is 4.98 Å². The first kappa shape index (κ1) is 10.6. The molecule has 2 nitrogen and oxygen atoms in total. The molecule has 0 bridgehead atoms. The predicted octanol–water partition coefficient (Wildman–Crippen LogP) is 3.64. The van der Waals surface area contributed by atoms with Crippen molar-refractivity contribution in [2.45, 2.75) is 38.1 Å². The molecule has 1 aromatic carbocycles. The van der Waals surface area contributed by atoms with Crippen molar-refractivity contribution in [3.8, 4) is 0 Å². The highest BCUT2D eigenvalue weighted by Gasteiger charge is 2.30. The highest BCUT2D eigenvalue weighted by molar-refractivity contribution is 5.85. The van der Waals surface area contributed by atoms with E-state index in [2.05, 4.69) is 34.1 Å². The lowest BCUT2D eigenvalue weighted by atomic mass is 9.95. The van der Waals surface area contributed by atoms with E-state index in [9.17, 15) is 0 Å². The quantitative estimate of drug-likeness (QED) is 0.745. The third kappa shape index (κ3) is 1.52. The van der Waals surface area contributed by atoms with Gasteiger partial charge in [-0.05, 0) is 37.4 Å². The van der Waals surface area contributed by atoms with Crippen molar-refractivity contribution in [3.05, 3.63) is 35.5 Å². The SMILES string of the molecule is c1ccc2c3c([nH]c2c1)C1CCCCCN1CC3. The van der Waals surface area contributed by atoms with Gasteiger partial charge in [0.15, 0.2) is 0 Å². The summed E-state index contributed by atoms with van der Waals surface area (Å²) in [4.78, 5) is 6.40. The number of aromatic amines is 1. The molecule has 2 aliphatic rings. The summed E-state index contributed by atoms with van der Waals surface area (Å²) >= 11 is 0. The first-order valence-corrected chi connectivity index (χ1v) is 7.27. The predicted molar refractivity (Wildman–Crippen MR) is 74.8 cm³/mol. The molecule has 0 amide bonds. The van der Waals surface area contributed by atoms with Crippen LogP contribution in [0.5, 0.6) is 0 Å². The van der Waals surface area contributed by atoms with Crippen molar-refractivity contribution in [2.75, 3.05) is 13.1 Å². The molecule has 1 unspecified atom stereocenters. The number of benzene rings is 1. The van der Waals surface area contributed by atoms with Crippen molar-refractivity contribution in [3.63, 3.8) is 0 Å². The van der Waals surface area contributed by atoms with Gasteiger partial charge in [-0.15, -0.1) is 0 Å². The zero-order chi connectivity index (χ0) is 11.9. The Morgan fingerprint density at radius 1 is 1.06 bits per heavy atom. The Morgan fingerprint density at radius 3 is 3.00 bits per heavy atom. The van der Waals surface area contributed by atoms with Gasteiger partial charge >= 0.3 is 0 Å². The Kier molecular flexibility index (Phi) is 2.44. The molecule has 1 fully saturated rings. The highest BCUT2D eigenvalue weighted by atomic mass is 15.2. The van der Waals surface area contributed by atoms with Crippen molar-refractivity contribution in [1.82, 2.24) is 9.88 Å². The van der Waals surface area contributed by atoms with Crippen LogP contribution in [-0.2, 0) is 6.42 Å². The Labute approximate surface area is 108 Å². The van der Waals surface area contributed by atoms with Crippen molar-refractivity contribution in [1.29, 1.82) is 0 Å². The normalized spacial score (nSPS) is 24.6. The van der Waals surface area contributed by atoms with Gasteiger partial charge in [-0.3, -0.25) is 4.90 Å². The molecule has 4 rings (SSSR count). The largest absolute Gasteiger partial charge is 0.357 e. The molecule has 1 saturated heterocycles. The van der Waals surface area contributed by atoms with Crippen molar-refractivity contribution >= 4 is 10.9 Å². The Morgan fingerprint density at radius 2 is 2.00 bits per heavy atom. The number of H-pyrrole nitrogens is 1. The summed E-state index contributed by atoms with van der Waals surface area (Å²) in [6.07, 6.45) is 6.72. The summed E-state index contributed by atoms with van der Waals surface area (Å²) in [7, 11) is 0. The number of fused-ring (bicyclic) bond motifs is 5. The number of rotatable bonds is 0. The maximum Gasteiger partial charge on any atom is 0.0501 e. The van der Waals surface area contributed by atoms with Gasteiger partial charge in [0, 0.05) is 23.1 Å². The second-order valence-electron chi connectivity index (χ2n) is 5.71. The van der Waals surface area contributed by atoms with E-state index in [0.717, 1.165) is 0 Å². The van der Waals surface area contributed by atoms with Crippen LogP contribution >= 0.6 is 0 Å². The first-order chi connectivity index (χ1) is 8.93. The lowest BCUT2D eigenvalue weighted by Crippen LogP contribution is -2.34. The molecule has 1 N–H and O–H groups in total. The van der Waals surface area contributed by atoms with E-state index >= 15 is 0 Å². The van der Waals surface area contributed by atoms with E-state index in [-0.39, 0.29) is 0 Å². The monoisotopic (exact) mass is 240 g/mol. The second kappa shape index (κ2) is 4.13. The van der Waals surface area contributed by atoms with Crippen molar-refractivity contribution in [2.24, 2.45) is 0 Å². The van der Waals surface area contributed by atoms with Gasteiger partial charge in [0.1, 0.15) is 0 Å². The van der Waals surface area contributed by atoms with Crippen LogP contribution in [0.2, 0.25) is 0 Å². The molecule has 2 aliphatic heterocycles. The van der Waals surface area contributed by atoms with Crippen LogP contribution in [-0.4, -0.2) is 23.0 Å². The summed E-state index contributed by atoms with van der Waals surface area (Å²) in [5.74, 6) is 0. The summed E-state index contributed by atoms with van der Waals surface area (Å²) in [6, 6.07) is 9.44. The number of hydrogen-bond acceptors (Lipinski definition) is 1. The average Bonchev–Trinajstić information content (AvgIpc) is 2.62. The third-order valence-electron chi connectivity index (χ3n) is 4.69. The van der Waals surface area contributed by atoms with Crippen LogP contribution in [0.3, 0.4) is 0 Å². The van der Waals surface area contributed by atoms with Crippen LogP contribution in [0.1, 0.15) is 43.0 Å². The fourth-order valence-corrected chi connectivity index (χ4v) is 3.79. The van der Waals surface area contributed by atoms with Gasteiger partial charge in [0.05, 0.1) is 6.04 Å². The standard InChI is InChI=1S/C16H20N2/c1-2-8-15-16-13(9-11-18(15)10-5-1)12-6-3-4-7-14(12)17-16/h3-4,6-7,15,17H,1-2,5,8-11H2. The molecule has 0 spiro atoms. The number of hydrogen-bond donors (Lipinski definition) is 1. The van der Waals surface area contributed by atoms with E-state index in [4.69, 9.17) is 0 Å². The topological polar surface area (TPSA) is 19.0 Å². The number of aromatic nitrogens is 1. The molecule has 0 saturated carbocycles. The van der Waals surface area contributed by atoms with Crippen LogP contribution in [0.25, 0.3) is 10.9 Å². The van der Waals surface area contributed by atoms with E-state index in [0.29, 0.717) is 6.04 Å². The summed E-state index contributed by atoms with van der Waals surface area (Å²) in [5, 5.41) is 1.45. The molecule has 94 valence electrons. The Balaban J connectivity index is 1.85. The van der Waals surface area contributed by atoms with Crippen LogP contribution in [0, 0.1) is 0 Å². The maximum atomic E-state index is 3.70. The number of nitrogens with one attached hydrogen (secondary N) is 1. The summed E-state index contributed by atoms with van der Waals surface area (Å²) in [6.45, 7) is 2.54. The number of nitrogens with zero attached hydrogens (tertiary/aromatic N) is 1. The van der Waals surface area contributed by atoms with E-state index in [1.54, 1.807) is 5.56 Å². The van der Waals surface area contributed by atoms with Gasteiger partial charge in [-0.1, -0.05) is 31.0 Å². The van der Waals surface area contributed by atoms with E-state index < -0.39 is 0 Å². The Hall–Kier alpha value is -1.28. The maximum absolute atomic E-state index is 3.70. The minimum Gasteiger partial charge on any atom is -0.357 e. The molecule has 1 atom stereocenters. The smallest absolute Gasteiger partial charge is 0.0501 e. The molecule has 0 radical (unpaired) electrons. The molecular weight excluding hydrogens is 220 g/mol. The van der Waals surface area contributed by atoms with Crippen LogP contribution in [0.15, 0.2) is 24.3 Å². The molecule has 2 aromatic rings. The summed E-state index contributed by atoms with van der Waals surface area (Å²) in [5.41, 5.74) is 4.44. The molecule has 1 aromatic heterocycles. The lowest BCUT2D eigenvalue weighted by Gasteiger charge is -2.34. The molecule has 0 aliphatic carbocycles. The fraction of sp³-hybridized carbons (Fsp3) is 0.500.